The van der Waals surface area contributed by atoms with Gasteiger partial charge in [-0.05, 0) is 44.2 Å². The first-order chi connectivity index (χ1) is 7.38. The summed E-state index contributed by atoms with van der Waals surface area (Å²) in [5.41, 5.74) is 0.330. The van der Waals surface area contributed by atoms with Gasteiger partial charge >= 0.3 is 5.97 Å². The normalized spacial score (nSPS) is 11.5. The van der Waals surface area contributed by atoms with Crippen LogP contribution in [0.1, 0.15) is 19.4 Å². The Kier molecular flexibility index (Phi) is 4.44. The summed E-state index contributed by atoms with van der Waals surface area (Å²) in [6, 6.07) is 5.93. The standard InChI is InChI=1S/C12H15BrO2S/c1-12(2,11(14)15)7-8-9(13)5-4-6-10(8)16-3/h4-6H,7H2,1-3H3,(H,14,15). The van der Waals surface area contributed by atoms with Crippen LogP contribution in [0.5, 0.6) is 0 Å². The van der Waals surface area contributed by atoms with E-state index >= 15 is 0 Å². The molecule has 0 radical (unpaired) electrons. The highest BCUT2D eigenvalue weighted by Gasteiger charge is 2.29. The van der Waals surface area contributed by atoms with Crippen LogP contribution in [-0.2, 0) is 11.2 Å². The summed E-state index contributed by atoms with van der Waals surface area (Å²) >= 11 is 5.12. The minimum Gasteiger partial charge on any atom is -0.481 e. The first-order valence-electron chi connectivity index (χ1n) is 4.93. The summed E-state index contributed by atoms with van der Waals surface area (Å²) in [7, 11) is 0. The maximum Gasteiger partial charge on any atom is 0.309 e. The molecule has 0 aliphatic rings. The SMILES string of the molecule is CSc1cccc(Br)c1CC(C)(C)C(=O)O. The van der Waals surface area contributed by atoms with Crippen molar-refractivity contribution in [2.45, 2.75) is 25.2 Å². The van der Waals surface area contributed by atoms with Gasteiger partial charge in [-0.25, -0.2) is 0 Å². The van der Waals surface area contributed by atoms with Crippen molar-refractivity contribution in [1.29, 1.82) is 0 Å². The lowest BCUT2D eigenvalue weighted by Gasteiger charge is -2.21. The van der Waals surface area contributed by atoms with Crippen LogP contribution in [0.25, 0.3) is 0 Å². The van der Waals surface area contributed by atoms with Gasteiger partial charge in [0.15, 0.2) is 0 Å². The molecule has 0 aliphatic heterocycles. The predicted octanol–water partition coefficient (Wildman–Crippen LogP) is 3.82. The van der Waals surface area contributed by atoms with Crippen LogP contribution in [0.2, 0.25) is 0 Å². The minimum absolute atomic E-state index is 0.528. The topological polar surface area (TPSA) is 37.3 Å². The van der Waals surface area contributed by atoms with Crippen molar-refractivity contribution in [3.05, 3.63) is 28.2 Å². The molecule has 0 saturated heterocycles. The number of carbonyl (C=O) groups is 1. The molecule has 1 N–H and O–H groups in total. The molecule has 4 heteroatoms. The van der Waals surface area contributed by atoms with Gasteiger partial charge in [-0.15, -0.1) is 11.8 Å². The van der Waals surface area contributed by atoms with Crippen molar-refractivity contribution in [3.63, 3.8) is 0 Å². The van der Waals surface area contributed by atoms with E-state index < -0.39 is 11.4 Å². The highest BCUT2D eigenvalue weighted by atomic mass is 79.9. The van der Waals surface area contributed by atoms with E-state index in [1.54, 1.807) is 25.6 Å². The summed E-state index contributed by atoms with van der Waals surface area (Å²) in [4.78, 5) is 12.2. The van der Waals surface area contributed by atoms with Crippen LogP contribution in [0.3, 0.4) is 0 Å². The molecule has 1 aromatic carbocycles. The van der Waals surface area contributed by atoms with Crippen LogP contribution in [-0.4, -0.2) is 17.3 Å². The van der Waals surface area contributed by atoms with Gasteiger partial charge in [0, 0.05) is 9.37 Å². The Labute approximate surface area is 109 Å². The maximum atomic E-state index is 11.1. The smallest absolute Gasteiger partial charge is 0.309 e. The quantitative estimate of drug-likeness (QED) is 0.859. The van der Waals surface area contributed by atoms with Crippen LogP contribution >= 0.6 is 27.7 Å². The highest BCUT2D eigenvalue weighted by molar-refractivity contribution is 9.10. The van der Waals surface area contributed by atoms with E-state index in [2.05, 4.69) is 15.9 Å². The largest absolute Gasteiger partial charge is 0.481 e. The Morgan fingerprint density at radius 3 is 2.62 bits per heavy atom. The molecule has 0 bridgehead atoms. The molecule has 2 nitrogen and oxygen atoms in total. The number of hydrogen-bond donors (Lipinski definition) is 1. The number of thioether (sulfide) groups is 1. The molecule has 0 aliphatic carbocycles. The van der Waals surface area contributed by atoms with Gasteiger partial charge in [0.1, 0.15) is 0 Å². The average Bonchev–Trinajstić information content (AvgIpc) is 2.20. The summed E-state index contributed by atoms with van der Waals surface area (Å²) in [6.07, 6.45) is 2.53. The van der Waals surface area contributed by atoms with Crippen LogP contribution in [0, 0.1) is 5.41 Å². The number of halogens is 1. The van der Waals surface area contributed by atoms with E-state index in [-0.39, 0.29) is 0 Å². The van der Waals surface area contributed by atoms with Gasteiger partial charge < -0.3 is 5.11 Å². The molecule has 1 aromatic rings. The summed E-state index contributed by atoms with van der Waals surface area (Å²) in [5.74, 6) is -0.768. The molecule has 0 atom stereocenters. The van der Waals surface area contributed by atoms with Crippen molar-refractivity contribution in [1.82, 2.24) is 0 Å². The van der Waals surface area contributed by atoms with Gasteiger partial charge in [-0.1, -0.05) is 22.0 Å². The van der Waals surface area contributed by atoms with Crippen LogP contribution < -0.4 is 0 Å². The lowest BCUT2D eigenvalue weighted by atomic mass is 9.86. The Morgan fingerprint density at radius 1 is 1.50 bits per heavy atom. The average molecular weight is 303 g/mol. The third-order valence-electron chi connectivity index (χ3n) is 2.49. The van der Waals surface area contributed by atoms with E-state index in [4.69, 9.17) is 5.11 Å². The Morgan fingerprint density at radius 2 is 2.12 bits per heavy atom. The van der Waals surface area contributed by atoms with Crippen molar-refractivity contribution in [3.8, 4) is 0 Å². The molecule has 0 spiro atoms. The number of carboxylic acids is 1. The molecular weight excluding hydrogens is 288 g/mol. The molecule has 88 valence electrons. The molecule has 0 unspecified atom stereocenters. The second-order valence-electron chi connectivity index (χ2n) is 4.29. The molecular formula is C12H15BrO2S. The third kappa shape index (κ3) is 3.01. The Bertz CT molecular complexity index is 402. The molecule has 0 aromatic heterocycles. The Hall–Kier alpha value is -0.480. The highest BCUT2D eigenvalue weighted by Crippen LogP contribution is 2.33. The molecule has 0 amide bonds. The molecule has 1 rings (SSSR count). The number of carboxylic acid groups (broad SMARTS) is 1. The second kappa shape index (κ2) is 5.23. The van der Waals surface area contributed by atoms with E-state index in [1.165, 1.54) is 0 Å². The Balaban J connectivity index is 3.09. The van der Waals surface area contributed by atoms with Gasteiger partial charge in [0.25, 0.3) is 0 Å². The summed E-state index contributed by atoms with van der Waals surface area (Å²) < 4.78 is 0.980. The van der Waals surface area contributed by atoms with Crippen molar-refractivity contribution < 1.29 is 9.90 Å². The zero-order chi connectivity index (χ0) is 12.3. The fraction of sp³-hybridized carbons (Fsp3) is 0.417. The summed E-state index contributed by atoms with van der Waals surface area (Å²) in [5, 5.41) is 9.13. The fourth-order valence-electron chi connectivity index (χ4n) is 1.42. The maximum absolute atomic E-state index is 11.1. The van der Waals surface area contributed by atoms with Gasteiger partial charge in [-0.2, -0.15) is 0 Å². The monoisotopic (exact) mass is 302 g/mol. The first-order valence-corrected chi connectivity index (χ1v) is 6.95. The second-order valence-corrected chi connectivity index (χ2v) is 5.99. The lowest BCUT2D eigenvalue weighted by Crippen LogP contribution is -2.26. The van der Waals surface area contributed by atoms with E-state index in [1.807, 2.05) is 24.5 Å². The number of benzene rings is 1. The van der Waals surface area contributed by atoms with Crippen molar-refractivity contribution in [2.75, 3.05) is 6.26 Å². The first kappa shape index (κ1) is 13.6. The molecule has 16 heavy (non-hydrogen) atoms. The van der Waals surface area contributed by atoms with E-state index in [0.29, 0.717) is 6.42 Å². The summed E-state index contributed by atoms with van der Waals surface area (Å²) in [6.45, 7) is 3.50. The molecule has 0 saturated carbocycles. The van der Waals surface area contributed by atoms with Crippen molar-refractivity contribution >= 4 is 33.7 Å². The van der Waals surface area contributed by atoms with Gasteiger partial charge in [0.05, 0.1) is 5.41 Å². The van der Waals surface area contributed by atoms with Crippen LogP contribution in [0.4, 0.5) is 0 Å². The zero-order valence-corrected chi connectivity index (χ0v) is 12.0. The molecule has 0 heterocycles. The number of rotatable bonds is 4. The van der Waals surface area contributed by atoms with E-state index in [0.717, 1.165) is 14.9 Å². The number of aliphatic carboxylic acids is 1. The lowest BCUT2D eigenvalue weighted by molar-refractivity contribution is -0.146. The zero-order valence-electron chi connectivity index (χ0n) is 9.58. The van der Waals surface area contributed by atoms with Gasteiger partial charge in [-0.3, -0.25) is 4.79 Å². The predicted molar refractivity (Wildman–Crippen MR) is 71.0 cm³/mol. The molecule has 0 fully saturated rings. The minimum atomic E-state index is -0.768. The van der Waals surface area contributed by atoms with Gasteiger partial charge in [0.2, 0.25) is 0 Å². The van der Waals surface area contributed by atoms with Crippen LogP contribution in [0.15, 0.2) is 27.6 Å². The number of hydrogen-bond acceptors (Lipinski definition) is 2. The third-order valence-corrected chi connectivity index (χ3v) is 4.06. The van der Waals surface area contributed by atoms with Crippen molar-refractivity contribution in [2.24, 2.45) is 5.41 Å². The fourth-order valence-corrected chi connectivity index (χ4v) is 2.70. The van der Waals surface area contributed by atoms with E-state index in [9.17, 15) is 4.79 Å².